The average Bonchev–Trinajstić information content (AvgIpc) is 2.94. The van der Waals surface area contributed by atoms with Crippen molar-refractivity contribution in [2.45, 2.75) is 59.2 Å². The Hall–Kier alpha value is -1.89. The highest BCUT2D eigenvalue weighted by Gasteiger charge is 2.58. The molecular weight excluding hydrogens is 358 g/mol. The fourth-order valence-corrected chi connectivity index (χ4v) is 4.65. The van der Waals surface area contributed by atoms with Crippen molar-refractivity contribution in [2.75, 3.05) is 13.7 Å². The quantitative estimate of drug-likeness (QED) is 0.561. The Bertz CT molecular complexity index is 633. The van der Waals surface area contributed by atoms with Crippen LogP contribution in [0.3, 0.4) is 0 Å². The molecule has 0 saturated carbocycles. The summed E-state index contributed by atoms with van der Waals surface area (Å²) in [7, 11) is 1.57. The van der Waals surface area contributed by atoms with E-state index in [9.17, 15) is 19.5 Å². The lowest BCUT2D eigenvalue weighted by Crippen LogP contribution is -2.55. The molecule has 1 saturated heterocycles. The topological polar surface area (TPSA) is 98.7 Å². The molecule has 2 aliphatic rings. The van der Waals surface area contributed by atoms with E-state index >= 15 is 0 Å². The minimum Gasteiger partial charge on any atom is -0.394 e. The molecule has 1 fully saturated rings. The Balaban J connectivity index is 2.54. The molecule has 1 heterocycles. The number of aliphatic hydroxyl groups excluding tert-OH is 1. The van der Waals surface area contributed by atoms with E-state index in [2.05, 4.69) is 10.6 Å². The summed E-state index contributed by atoms with van der Waals surface area (Å²) in [6.07, 6.45) is 4.63. The molecule has 3 amide bonds. The van der Waals surface area contributed by atoms with Crippen molar-refractivity contribution in [1.82, 2.24) is 15.5 Å². The molecule has 7 heteroatoms. The summed E-state index contributed by atoms with van der Waals surface area (Å²) in [5.41, 5.74) is 0. The van der Waals surface area contributed by atoms with Crippen molar-refractivity contribution in [3.05, 3.63) is 12.2 Å². The third-order valence-corrected chi connectivity index (χ3v) is 6.30. The standard InChI is InChI=1S/C21H35N3O4/c1-7-12(4)15(10-25)24-18(20(27)23-11(2)3)14-9-8-13(5)16(19(26)22-6)17(14)21(24)28/h8-9,11-18,25H,7,10H2,1-6H3,(H,22,26)(H,23,27)/t12-,13+,14-,15-,16+,17+,18-/m0/s1. The predicted octanol–water partition coefficient (Wildman–Crippen LogP) is 0.929. The first-order chi connectivity index (χ1) is 13.2. The molecule has 2 rings (SSSR count). The van der Waals surface area contributed by atoms with E-state index in [0.29, 0.717) is 0 Å². The zero-order chi connectivity index (χ0) is 21.2. The van der Waals surface area contributed by atoms with Gasteiger partial charge in [0.2, 0.25) is 17.7 Å². The highest BCUT2D eigenvalue weighted by atomic mass is 16.3. The van der Waals surface area contributed by atoms with Gasteiger partial charge in [-0.2, -0.15) is 0 Å². The van der Waals surface area contributed by atoms with Gasteiger partial charge in [0.15, 0.2) is 0 Å². The maximum Gasteiger partial charge on any atom is 0.243 e. The highest BCUT2D eigenvalue weighted by molar-refractivity contribution is 5.97. The van der Waals surface area contributed by atoms with Crippen LogP contribution in [0, 0.1) is 29.6 Å². The van der Waals surface area contributed by atoms with Crippen LogP contribution >= 0.6 is 0 Å². The third kappa shape index (κ3) is 3.95. The van der Waals surface area contributed by atoms with Gasteiger partial charge in [-0.15, -0.1) is 0 Å². The molecule has 0 spiro atoms. The summed E-state index contributed by atoms with van der Waals surface area (Å²) >= 11 is 0. The number of carbonyl (C=O) groups is 3. The van der Waals surface area contributed by atoms with Gasteiger partial charge in [-0.3, -0.25) is 14.4 Å². The third-order valence-electron chi connectivity index (χ3n) is 6.30. The van der Waals surface area contributed by atoms with Gasteiger partial charge in [0.25, 0.3) is 0 Å². The van der Waals surface area contributed by atoms with Crippen LogP contribution in [-0.4, -0.2) is 59.5 Å². The number of aliphatic hydroxyl groups is 1. The highest BCUT2D eigenvalue weighted by Crippen LogP contribution is 2.45. The van der Waals surface area contributed by atoms with E-state index in [1.54, 1.807) is 11.9 Å². The van der Waals surface area contributed by atoms with E-state index in [1.165, 1.54) is 0 Å². The first-order valence-corrected chi connectivity index (χ1v) is 10.3. The largest absolute Gasteiger partial charge is 0.394 e. The Labute approximate surface area is 167 Å². The molecular formula is C21H35N3O4. The number of hydrogen-bond donors (Lipinski definition) is 3. The van der Waals surface area contributed by atoms with Crippen LogP contribution in [0.1, 0.15) is 41.0 Å². The SMILES string of the molecule is CC[C@H](C)[C@H](CO)N1C(=O)[C@@H]2[C@H](C=C[C@@H](C)[C@H]2C(=O)NC)[C@H]1C(=O)NC(C)C. The van der Waals surface area contributed by atoms with Crippen molar-refractivity contribution in [1.29, 1.82) is 0 Å². The summed E-state index contributed by atoms with van der Waals surface area (Å²) in [6.45, 7) is 9.43. The van der Waals surface area contributed by atoms with Gasteiger partial charge in [-0.05, 0) is 25.7 Å². The van der Waals surface area contributed by atoms with Gasteiger partial charge in [0, 0.05) is 19.0 Å². The lowest BCUT2D eigenvalue weighted by molar-refractivity contribution is -0.144. The zero-order valence-corrected chi connectivity index (χ0v) is 17.8. The zero-order valence-electron chi connectivity index (χ0n) is 17.8. The molecule has 0 aromatic heterocycles. The Morgan fingerprint density at radius 3 is 2.36 bits per heavy atom. The molecule has 7 atom stereocenters. The summed E-state index contributed by atoms with van der Waals surface area (Å²) in [5, 5.41) is 15.7. The number of likely N-dealkylation sites (tertiary alicyclic amines) is 1. The smallest absolute Gasteiger partial charge is 0.243 e. The lowest BCUT2D eigenvalue weighted by Gasteiger charge is -2.36. The Morgan fingerprint density at radius 2 is 1.86 bits per heavy atom. The van der Waals surface area contributed by atoms with E-state index in [-0.39, 0.29) is 48.1 Å². The van der Waals surface area contributed by atoms with Gasteiger partial charge in [0.1, 0.15) is 6.04 Å². The molecule has 0 radical (unpaired) electrons. The molecule has 0 aromatic rings. The number of nitrogens with one attached hydrogen (secondary N) is 2. The van der Waals surface area contributed by atoms with Crippen molar-refractivity contribution in [3.63, 3.8) is 0 Å². The van der Waals surface area contributed by atoms with E-state index < -0.39 is 23.9 Å². The minimum absolute atomic E-state index is 0.0308. The molecule has 0 bridgehead atoms. The van der Waals surface area contributed by atoms with Crippen LogP contribution in [-0.2, 0) is 14.4 Å². The van der Waals surface area contributed by atoms with Crippen LogP contribution in [0.2, 0.25) is 0 Å². The Morgan fingerprint density at radius 1 is 1.21 bits per heavy atom. The second-order valence-corrected chi connectivity index (χ2v) is 8.48. The molecule has 0 unspecified atom stereocenters. The van der Waals surface area contributed by atoms with Crippen molar-refractivity contribution >= 4 is 17.7 Å². The second-order valence-electron chi connectivity index (χ2n) is 8.48. The molecule has 7 nitrogen and oxygen atoms in total. The van der Waals surface area contributed by atoms with Crippen LogP contribution in [0.15, 0.2) is 12.2 Å². The number of carbonyl (C=O) groups excluding carboxylic acids is 3. The van der Waals surface area contributed by atoms with E-state index in [1.807, 2.05) is 46.8 Å². The lowest BCUT2D eigenvalue weighted by atomic mass is 9.70. The molecule has 28 heavy (non-hydrogen) atoms. The number of hydrogen-bond acceptors (Lipinski definition) is 4. The number of fused-ring (bicyclic) bond motifs is 1. The van der Waals surface area contributed by atoms with Crippen LogP contribution in [0.5, 0.6) is 0 Å². The maximum atomic E-state index is 13.6. The normalized spacial score (nSPS) is 31.5. The summed E-state index contributed by atoms with van der Waals surface area (Å²) in [4.78, 5) is 40.8. The van der Waals surface area contributed by atoms with Gasteiger partial charge in [0.05, 0.1) is 24.5 Å². The Kier molecular flexibility index (Phi) is 7.26. The maximum absolute atomic E-state index is 13.6. The molecule has 1 aliphatic heterocycles. The number of amides is 3. The fourth-order valence-electron chi connectivity index (χ4n) is 4.65. The van der Waals surface area contributed by atoms with E-state index in [0.717, 1.165) is 6.42 Å². The van der Waals surface area contributed by atoms with Gasteiger partial charge >= 0.3 is 0 Å². The summed E-state index contributed by atoms with van der Waals surface area (Å²) < 4.78 is 0. The number of rotatable bonds is 7. The summed E-state index contributed by atoms with van der Waals surface area (Å²) in [5.74, 6) is -2.20. The number of nitrogens with zero attached hydrogens (tertiary/aromatic N) is 1. The minimum atomic E-state index is -0.720. The molecule has 3 N–H and O–H groups in total. The molecule has 0 aromatic carbocycles. The van der Waals surface area contributed by atoms with Crippen LogP contribution in [0.4, 0.5) is 0 Å². The van der Waals surface area contributed by atoms with E-state index in [4.69, 9.17) is 0 Å². The van der Waals surface area contributed by atoms with Crippen LogP contribution < -0.4 is 10.6 Å². The van der Waals surface area contributed by atoms with Gasteiger partial charge < -0.3 is 20.6 Å². The molecule has 1 aliphatic carbocycles. The number of allylic oxidation sites excluding steroid dienone is 1. The fraction of sp³-hybridized carbons (Fsp3) is 0.762. The first-order valence-electron chi connectivity index (χ1n) is 10.3. The second kappa shape index (κ2) is 9.07. The predicted molar refractivity (Wildman–Crippen MR) is 107 cm³/mol. The van der Waals surface area contributed by atoms with Crippen molar-refractivity contribution in [2.24, 2.45) is 29.6 Å². The first kappa shape index (κ1) is 22.4. The van der Waals surface area contributed by atoms with Crippen LogP contribution in [0.25, 0.3) is 0 Å². The summed E-state index contributed by atoms with van der Waals surface area (Å²) in [6, 6.07) is -1.25. The van der Waals surface area contributed by atoms with Crippen molar-refractivity contribution < 1.29 is 19.5 Å². The van der Waals surface area contributed by atoms with Gasteiger partial charge in [-0.1, -0.05) is 39.3 Å². The monoisotopic (exact) mass is 393 g/mol. The van der Waals surface area contributed by atoms with Gasteiger partial charge in [-0.25, -0.2) is 0 Å². The molecule has 158 valence electrons. The van der Waals surface area contributed by atoms with Crippen molar-refractivity contribution in [3.8, 4) is 0 Å². The average molecular weight is 394 g/mol.